The first-order valence-corrected chi connectivity index (χ1v) is 13.1. The smallest absolute Gasteiger partial charge is 0.418 e. The predicted octanol–water partition coefficient (Wildman–Crippen LogP) is 4.74. The van der Waals surface area contributed by atoms with Gasteiger partial charge in [-0.05, 0) is 48.0 Å². The van der Waals surface area contributed by atoms with E-state index in [9.17, 15) is 22.5 Å². The highest BCUT2D eigenvalue weighted by atomic mass is 32.2. The number of hydrogen-bond donors (Lipinski definition) is 1. The Morgan fingerprint density at radius 1 is 0.974 bits per heavy atom. The van der Waals surface area contributed by atoms with Gasteiger partial charge in [0, 0.05) is 62.3 Å². The van der Waals surface area contributed by atoms with Gasteiger partial charge in [0.15, 0.2) is 0 Å². The quantitative estimate of drug-likeness (QED) is 0.357. The summed E-state index contributed by atoms with van der Waals surface area (Å²) in [7, 11) is 0. The van der Waals surface area contributed by atoms with Crippen LogP contribution in [0.3, 0.4) is 0 Å². The number of carbonyl (C=O) groups excluding carboxylic acids is 1. The number of nitrogens with zero attached hydrogens (tertiary/aromatic N) is 4. The largest absolute Gasteiger partial charge is 0.588 e. The molecule has 0 saturated carbocycles. The van der Waals surface area contributed by atoms with Gasteiger partial charge in [-0.2, -0.15) is 13.2 Å². The van der Waals surface area contributed by atoms with E-state index in [0.717, 1.165) is 23.1 Å². The number of hydrogen-bond acceptors (Lipinski definition) is 6. The lowest BCUT2D eigenvalue weighted by Gasteiger charge is -2.35. The third-order valence-electron chi connectivity index (χ3n) is 6.39. The number of carbonyl (C=O) groups is 1. The fourth-order valence-corrected chi connectivity index (χ4v) is 5.46. The molecule has 2 aromatic heterocycles. The Labute approximate surface area is 220 Å². The molecule has 1 atom stereocenters. The van der Waals surface area contributed by atoms with Gasteiger partial charge in [0.05, 0.1) is 11.3 Å². The van der Waals surface area contributed by atoms with Crippen molar-refractivity contribution in [3.63, 3.8) is 0 Å². The fraction of sp³-hybridized carbons (Fsp3) is 0.222. The zero-order chi connectivity index (χ0) is 26.7. The normalized spacial score (nSPS) is 15.4. The minimum atomic E-state index is -4.76. The number of piperazine rings is 1. The summed E-state index contributed by atoms with van der Waals surface area (Å²) in [6.07, 6.45) is 0.216. The highest BCUT2D eigenvalue weighted by Gasteiger charge is 2.36. The number of amides is 1. The minimum absolute atomic E-state index is 0.0666. The van der Waals surface area contributed by atoms with Gasteiger partial charge in [-0.25, -0.2) is 4.72 Å². The Morgan fingerprint density at radius 2 is 1.71 bits per heavy atom. The van der Waals surface area contributed by atoms with Gasteiger partial charge in [0.25, 0.3) is 5.91 Å². The molecule has 1 unspecified atom stereocenters. The number of pyridine rings is 2. The summed E-state index contributed by atoms with van der Waals surface area (Å²) in [6, 6.07) is 15.7. The molecule has 0 bridgehead atoms. The monoisotopic (exact) mass is 539 g/mol. The molecule has 196 valence electrons. The van der Waals surface area contributed by atoms with Crippen LogP contribution in [0.15, 0.2) is 84.1 Å². The summed E-state index contributed by atoms with van der Waals surface area (Å²) >= 11 is -2.01. The van der Waals surface area contributed by atoms with Gasteiger partial charge in [-0.15, -0.1) is 0 Å². The van der Waals surface area contributed by atoms with Crippen molar-refractivity contribution in [2.24, 2.45) is 0 Å². The lowest BCUT2D eigenvalue weighted by Crippen LogP contribution is -2.48. The molecule has 0 aliphatic carbocycles. The van der Waals surface area contributed by atoms with Gasteiger partial charge in [0.1, 0.15) is 16.9 Å². The average molecular weight is 540 g/mol. The summed E-state index contributed by atoms with van der Waals surface area (Å²) in [4.78, 5) is 25.3. The number of rotatable bonds is 6. The van der Waals surface area contributed by atoms with Gasteiger partial charge in [-0.1, -0.05) is 18.2 Å². The van der Waals surface area contributed by atoms with Crippen LogP contribution < -0.4 is 4.72 Å². The first-order chi connectivity index (χ1) is 18.3. The Morgan fingerprint density at radius 3 is 2.45 bits per heavy atom. The number of benzene rings is 2. The molecule has 1 N–H and O–H groups in total. The van der Waals surface area contributed by atoms with E-state index >= 15 is 0 Å². The van der Waals surface area contributed by atoms with Gasteiger partial charge < -0.3 is 9.45 Å². The van der Waals surface area contributed by atoms with E-state index in [1.165, 1.54) is 12.3 Å². The maximum absolute atomic E-state index is 14.0. The van der Waals surface area contributed by atoms with Crippen LogP contribution in [0, 0.1) is 0 Å². The van der Waals surface area contributed by atoms with Crippen molar-refractivity contribution in [3.8, 4) is 0 Å². The van der Waals surface area contributed by atoms with Crippen molar-refractivity contribution in [1.82, 2.24) is 19.8 Å². The van der Waals surface area contributed by atoms with Gasteiger partial charge >= 0.3 is 6.18 Å². The van der Waals surface area contributed by atoms with Crippen molar-refractivity contribution in [3.05, 3.63) is 95.9 Å². The minimum Gasteiger partial charge on any atom is -0.588 e. The van der Waals surface area contributed by atoms with E-state index in [0.29, 0.717) is 38.2 Å². The number of fused-ring (bicyclic) bond motifs is 1. The van der Waals surface area contributed by atoms with E-state index < -0.39 is 29.0 Å². The van der Waals surface area contributed by atoms with Crippen LogP contribution >= 0.6 is 0 Å². The molecule has 1 aliphatic rings. The molecule has 38 heavy (non-hydrogen) atoms. The molecule has 1 fully saturated rings. The summed E-state index contributed by atoms with van der Waals surface area (Å²) < 4.78 is 57.6. The predicted molar refractivity (Wildman–Crippen MR) is 139 cm³/mol. The summed E-state index contributed by atoms with van der Waals surface area (Å²) in [5.74, 6) is -0.468. The molecule has 1 saturated heterocycles. The molecule has 0 spiro atoms. The number of halogens is 3. The SMILES string of the molecule is O=C(c1ccc(N[S+]([O-])c2cccc3cccnc23)c(C(F)(F)F)c1)N1CCN(Cc2ccncc2)CC1. The van der Waals surface area contributed by atoms with E-state index in [2.05, 4.69) is 19.6 Å². The Bertz CT molecular complexity index is 1420. The molecular formula is C27H24F3N5O2S. The van der Waals surface area contributed by atoms with Crippen molar-refractivity contribution in [1.29, 1.82) is 0 Å². The van der Waals surface area contributed by atoms with Gasteiger partial charge in [-0.3, -0.25) is 19.7 Å². The average Bonchev–Trinajstić information content (AvgIpc) is 2.93. The van der Waals surface area contributed by atoms with E-state index in [1.54, 1.807) is 47.6 Å². The van der Waals surface area contributed by atoms with E-state index in [4.69, 9.17) is 0 Å². The first-order valence-electron chi connectivity index (χ1n) is 11.9. The summed E-state index contributed by atoms with van der Waals surface area (Å²) in [6.45, 7) is 2.75. The molecule has 5 rings (SSSR count). The Kier molecular flexibility index (Phi) is 7.50. The van der Waals surface area contributed by atoms with Crippen LogP contribution in [0.25, 0.3) is 10.9 Å². The highest BCUT2D eigenvalue weighted by molar-refractivity contribution is 7.93. The second-order valence-electron chi connectivity index (χ2n) is 8.88. The molecule has 2 aromatic carbocycles. The van der Waals surface area contributed by atoms with E-state index in [1.807, 2.05) is 12.1 Å². The van der Waals surface area contributed by atoms with Crippen LogP contribution in [0.1, 0.15) is 21.5 Å². The topological polar surface area (TPSA) is 84.4 Å². The number of anilines is 1. The van der Waals surface area contributed by atoms with Crippen LogP contribution in [0.2, 0.25) is 0 Å². The lowest BCUT2D eigenvalue weighted by atomic mass is 10.1. The zero-order valence-electron chi connectivity index (χ0n) is 20.2. The summed E-state index contributed by atoms with van der Waals surface area (Å²) in [5.41, 5.74) is 0.0467. The van der Waals surface area contributed by atoms with Gasteiger partial charge in [0.2, 0.25) is 4.90 Å². The second-order valence-corrected chi connectivity index (χ2v) is 10.1. The molecule has 3 heterocycles. The maximum Gasteiger partial charge on any atom is 0.418 e. The number of nitrogens with one attached hydrogen (secondary N) is 1. The number of aromatic nitrogens is 2. The molecule has 4 aromatic rings. The fourth-order valence-electron chi connectivity index (χ4n) is 4.42. The van der Waals surface area contributed by atoms with E-state index in [-0.39, 0.29) is 16.1 Å². The van der Waals surface area contributed by atoms with Crippen molar-refractivity contribution < 1.29 is 22.5 Å². The molecule has 1 amide bonds. The Hall–Kier alpha value is -3.67. The molecule has 1 aliphatic heterocycles. The first kappa shape index (κ1) is 26.0. The Balaban J connectivity index is 1.31. The standard InChI is InChI=1S/C27H24F3N5O2S/c28-27(29,30)22-17-21(26(36)35-15-13-34(14-16-35)18-19-8-11-31-12-9-19)6-7-23(22)33-38(37)24-5-1-3-20-4-2-10-32-25(20)24/h1-12,17,33H,13-16,18H2. The molecule has 7 nitrogen and oxygen atoms in total. The van der Waals surface area contributed by atoms with Crippen LogP contribution in [-0.4, -0.2) is 56.4 Å². The zero-order valence-corrected chi connectivity index (χ0v) is 21.0. The van der Waals surface area contributed by atoms with Crippen molar-refractivity contribution >= 4 is 33.9 Å². The van der Waals surface area contributed by atoms with Crippen LogP contribution in [-0.2, 0) is 24.1 Å². The highest BCUT2D eigenvalue weighted by Crippen LogP contribution is 2.37. The third-order valence-corrected chi connectivity index (χ3v) is 7.52. The maximum atomic E-state index is 14.0. The van der Waals surface area contributed by atoms with Crippen LogP contribution in [0.4, 0.5) is 18.9 Å². The molecule has 11 heteroatoms. The van der Waals surface area contributed by atoms with Crippen molar-refractivity contribution in [2.45, 2.75) is 17.6 Å². The number of alkyl halides is 3. The number of para-hydroxylation sites is 1. The molecule has 0 radical (unpaired) electrons. The lowest BCUT2D eigenvalue weighted by molar-refractivity contribution is -0.136. The second kappa shape index (κ2) is 11.0. The third kappa shape index (κ3) is 5.74. The van der Waals surface area contributed by atoms with Crippen LogP contribution in [0.5, 0.6) is 0 Å². The molecular weight excluding hydrogens is 515 g/mol. The van der Waals surface area contributed by atoms with Crippen molar-refractivity contribution in [2.75, 3.05) is 30.9 Å². The summed E-state index contributed by atoms with van der Waals surface area (Å²) in [5, 5.41) is 0.720.